The molecular weight excluding hydrogens is 374 g/mol. The molecule has 2 aliphatic rings. The first-order valence-electron chi connectivity index (χ1n) is 7.98. The molecule has 1 fully saturated rings. The van der Waals surface area contributed by atoms with Crippen LogP contribution in [-0.4, -0.2) is 53.7 Å². The van der Waals surface area contributed by atoms with E-state index in [-0.39, 0.29) is 36.1 Å². The van der Waals surface area contributed by atoms with Crippen LogP contribution in [0.3, 0.4) is 0 Å². The van der Waals surface area contributed by atoms with Crippen LogP contribution in [0, 0.1) is 5.41 Å². The predicted octanol–water partition coefficient (Wildman–Crippen LogP) is 1.63. The maximum Gasteiger partial charge on any atom is 0.261 e. The predicted molar refractivity (Wildman–Crippen MR) is 92.5 cm³/mol. The standard InChI is InChI=1S/C17H20BrN3O3/c1-17(9-19)5-7-20(10-17)14(22)4-6-21-15(23)12-3-2-11(18)8-13(12)16(21)24/h2-3,8H,4-7,9-10,19H2,1H3. The monoisotopic (exact) mass is 393 g/mol. The van der Waals surface area contributed by atoms with Gasteiger partial charge in [0, 0.05) is 30.5 Å². The molecule has 1 aromatic rings. The highest BCUT2D eigenvalue weighted by Crippen LogP contribution is 2.29. The van der Waals surface area contributed by atoms with Gasteiger partial charge >= 0.3 is 0 Å². The van der Waals surface area contributed by atoms with Crippen LogP contribution in [-0.2, 0) is 4.79 Å². The second-order valence-corrected chi connectivity index (χ2v) is 7.70. The molecule has 2 N–H and O–H groups in total. The second-order valence-electron chi connectivity index (χ2n) is 6.78. The summed E-state index contributed by atoms with van der Waals surface area (Å²) in [4.78, 5) is 40.0. The van der Waals surface area contributed by atoms with E-state index in [2.05, 4.69) is 22.9 Å². The molecule has 1 saturated heterocycles. The van der Waals surface area contributed by atoms with E-state index in [0.717, 1.165) is 15.8 Å². The molecule has 3 amide bonds. The lowest BCUT2D eigenvalue weighted by atomic mass is 9.90. The van der Waals surface area contributed by atoms with Crippen molar-refractivity contribution in [1.29, 1.82) is 0 Å². The Morgan fingerprint density at radius 3 is 2.67 bits per heavy atom. The average Bonchev–Trinajstić information content (AvgIpc) is 3.06. The van der Waals surface area contributed by atoms with Gasteiger partial charge in [0.15, 0.2) is 0 Å². The van der Waals surface area contributed by atoms with E-state index in [9.17, 15) is 14.4 Å². The Balaban J connectivity index is 1.63. The van der Waals surface area contributed by atoms with Crippen LogP contribution in [0.15, 0.2) is 22.7 Å². The summed E-state index contributed by atoms with van der Waals surface area (Å²) in [5.41, 5.74) is 6.52. The minimum absolute atomic E-state index is 0.0303. The van der Waals surface area contributed by atoms with Crippen molar-refractivity contribution in [2.45, 2.75) is 19.8 Å². The molecule has 1 atom stereocenters. The zero-order valence-corrected chi connectivity index (χ0v) is 15.1. The number of benzene rings is 1. The highest BCUT2D eigenvalue weighted by atomic mass is 79.9. The van der Waals surface area contributed by atoms with Gasteiger partial charge in [-0.05, 0) is 36.6 Å². The second kappa shape index (κ2) is 6.29. The van der Waals surface area contributed by atoms with Crippen molar-refractivity contribution in [3.8, 4) is 0 Å². The molecular formula is C17H20BrN3O3. The number of hydrogen-bond acceptors (Lipinski definition) is 4. The number of likely N-dealkylation sites (tertiary alicyclic amines) is 1. The summed E-state index contributed by atoms with van der Waals surface area (Å²) in [6, 6.07) is 5.01. The number of fused-ring (bicyclic) bond motifs is 1. The molecule has 1 unspecified atom stereocenters. The Morgan fingerprint density at radius 1 is 1.29 bits per heavy atom. The minimum Gasteiger partial charge on any atom is -0.342 e. The Morgan fingerprint density at radius 2 is 2.00 bits per heavy atom. The van der Waals surface area contributed by atoms with Crippen molar-refractivity contribution in [1.82, 2.24) is 9.80 Å². The number of carbonyl (C=O) groups is 3. The fourth-order valence-corrected chi connectivity index (χ4v) is 3.60. The van der Waals surface area contributed by atoms with Gasteiger partial charge < -0.3 is 10.6 Å². The van der Waals surface area contributed by atoms with Gasteiger partial charge in [0.2, 0.25) is 5.91 Å². The summed E-state index contributed by atoms with van der Waals surface area (Å²) in [7, 11) is 0. The highest BCUT2D eigenvalue weighted by molar-refractivity contribution is 9.10. The quantitative estimate of drug-likeness (QED) is 0.787. The summed E-state index contributed by atoms with van der Waals surface area (Å²) in [5.74, 6) is -0.703. The molecule has 3 rings (SSSR count). The summed E-state index contributed by atoms with van der Waals surface area (Å²) in [6.45, 7) is 4.05. The number of rotatable bonds is 4. The Kier molecular flexibility index (Phi) is 4.48. The molecule has 0 saturated carbocycles. The summed E-state index contributed by atoms with van der Waals surface area (Å²) in [5, 5.41) is 0. The number of nitrogens with zero attached hydrogens (tertiary/aromatic N) is 2. The fourth-order valence-electron chi connectivity index (χ4n) is 3.23. The average molecular weight is 394 g/mol. The normalized spacial score (nSPS) is 23.1. The molecule has 0 aliphatic carbocycles. The van der Waals surface area contributed by atoms with Crippen LogP contribution < -0.4 is 5.73 Å². The van der Waals surface area contributed by atoms with Crippen molar-refractivity contribution < 1.29 is 14.4 Å². The molecule has 6 nitrogen and oxygen atoms in total. The van der Waals surface area contributed by atoms with Gasteiger partial charge in [-0.3, -0.25) is 19.3 Å². The van der Waals surface area contributed by atoms with Gasteiger partial charge in [-0.25, -0.2) is 0 Å². The largest absolute Gasteiger partial charge is 0.342 e. The van der Waals surface area contributed by atoms with Crippen LogP contribution in [0.1, 0.15) is 40.5 Å². The molecule has 7 heteroatoms. The Hall–Kier alpha value is -1.73. The van der Waals surface area contributed by atoms with Crippen molar-refractivity contribution in [3.05, 3.63) is 33.8 Å². The van der Waals surface area contributed by atoms with Crippen molar-refractivity contribution >= 4 is 33.7 Å². The number of amides is 3. The number of imide groups is 1. The van der Waals surface area contributed by atoms with Crippen molar-refractivity contribution in [3.63, 3.8) is 0 Å². The third-order valence-electron chi connectivity index (χ3n) is 4.89. The summed E-state index contributed by atoms with van der Waals surface area (Å²) < 4.78 is 0.749. The van der Waals surface area contributed by atoms with E-state index >= 15 is 0 Å². The number of nitrogens with two attached hydrogens (primary N) is 1. The Bertz CT molecular complexity index is 721. The van der Waals surface area contributed by atoms with Crippen LogP contribution in [0.25, 0.3) is 0 Å². The zero-order chi connectivity index (χ0) is 17.5. The van der Waals surface area contributed by atoms with Crippen LogP contribution in [0.4, 0.5) is 0 Å². The van der Waals surface area contributed by atoms with Gasteiger partial charge in [-0.2, -0.15) is 0 Å². The molecule has 0 spiro atoms. The third-order valence-corrected chi connectivity index (χ3v) is 5.38. The molecule has 2 aliphatic heterocycles. The molecule has 24 heavy (non-hydrogen) atoms. The first-order chi connectivity index (χ1) is 11.3. The zero-order valence-electron chi connectivity index (χ0n) is 13.5. The lowest BCUT2D eigenvalue weighted by Gasteiger charge is -2.23. The summed E-state index contributed by atoms with van der Waals surface area (Å²) in [6.07, 6.45) is 1.03. The Labute approximate surface area is 149 Å². The van der Waals surface area contributed by atoms with E-state index in [1.807, 2.05) is 0 Å². The van der Waals surface area contributed by atoms with Gasteiger partial charge in [-0.1, -0.05) is 22.9 Å². The van der Waals surface area contributed by atoms with Gasteiger partial charge in [0.25, 0.3) is 11.8 Å². The van der Waals surface area contributed by atoms with Crippen LogP contribution in [0.2, 0.25) is 0 Å². The maximum absolute atomic E-state index is 12.4. The minimum atomic E-state index is -0.336. The van der Waals surface area contributed by atoms with Crippen molar-refractivity contribution in [2.75, 3.05) is 26.2 Å². The maximum atomic E-state index is 12.4. The van der Waals surface area contributed by atoms with Gasteiger partial charge in [0.1, 0.15) is 0 Å². The summed E-state index contributed by atoms with van der Waals surface area (Å²) >= 11 is 3.30. The number of halogens is 1. The smallest absolute Gasteiger partial charge is 0.261 e. The van der Waals surface area contributed by atoms with E-state index in [1.54, 1.807) is 23.1 Å². The molecule has 1 aromatic carbocycles. The SMILES string of the molecule is CC1(CN)CCN(C(=O)CCN2C(=O)c3ccc(Br)cc3C2=O)C1. The van der Waals surface area contributed by atoms with Crippen LogP contribution in [0.5, 0.6) is 0 Å². The first-order valence-corrected chi connectivity index (χ1v) is 8.77. The van der Waals surface area contributed by atoms with Gasteiger partial charge in [0.05, 0.1) is 11.1 Å². The van der Waals surface area contributed by atoms with Gasteiger partial charge in [-0.15, -0.1) is 0 Å². The lowest BCUT2D eigenvalue weighted by Crippen LogP contribution is -2.37. The molecule has 0 bridgehead atoms. The van der Waals surface area contributed by atoms with E-state index in [1.165, 1.54) is 0 Å². The lowest BCUT2D eigenvalue weighted by molar-refractivity contribution is -0.130. The van der Waals surface area contributed by atoms with E-state index in [4.69, 9.17) is 5.73 Å². The molecule has 0 radical (unpaired) electrons. The molecule has 128 valence electrons. The number of hydrogen-bond donors (Lipinski definition) is 1. The fraction of sp³-hybridized carbons (Fsp3) is 0.471. The molecule has 2 heterocycles. The van der Waals surface area contributed by atoms with E-state index < -0.39 is 0 Å². The molecule has 0 aromatic heterocycles. The van der Waals surface area contributed by atoms with E-state index in [0.29, 0.717) is 30.8 Å². The van der Waals surface area contributed by atoms with Crippen LogP contribution >= 0.6 is 15.9 Å². The first kappa shape index (κ1) is 17.1. The number of carbonyl (C=O) groups excluding carboxylic acids is 3. The third kappa shape index (κ3) is 2.98. The topological polar surface area (TPSA) is 83.7 Å². The highest BCUT2D eigenvalue weighted by Gasteiger charge is 2.37. The van der Waals surface area contributed by atoms with Crippen molar-refractivity contribution in [2.24, 2.45) is 11.1 Å².